The first-order chi connectivity index (χ1) is 12.2. The summed E-state index contributed by atoms with van der Waals surface area (Å²) in [5.41, 5.74) is 1.16. The molecule has 0 spiro atoms. The van der Waals surface area contributed by atoms with Crippen LogP contribution < -0.4 is 10.2 Å². The lowest BCUT2D eigenvalue weighted by Gasteiger charge is -2.30. The highest BCUT2D eigenvalue weighted by atomic mass is 19.1. The molecule has 1 aliphatic heterocycles. The number of oxazole rings is 1. The Hall–Kier alpha value is -2.11. The molecule has 6 heteroatoms. The van der Waals surface area contributed by atoms with Crippen LogP contribution in [0.5, 0.6) is 0 Å². The van der Waals surface area contributed by atoms with Gasteiger partial charge < -0.3 is 14.6 Å². The number of hydrogen-bond acceptors (Lipinski definition) is 4. The Morgan fingerprint density at radius 1 is 1.24 bits per heavy atom. The van der Waals surface area contributed by atoms with Crippen molar-refractivity contribution in [3.05, 3.63) is 24.0 Å². The van der Waals surface area contributed by atoms with E-state index in [2.05, 4.69) is 15.2 Å². The molecule has 1 aromatic carbocycles. The summed E-state index contributed by atoms with van der Waals surface area (Å²) in [7, 11) is 0. The van der Waals surface area contributed by atoms with E-state index in [1.54, 1.807) is 6.07 Å². The molecule has 4 rings (SSSR count). The molecule has 1 saturated carbocycles. The van der Waals surface area contributed by atoms with E-state index in [1.807, 2.05) is 0 Å². The minimum absolute atomic E-state index is 0.197. The SMILES string of the molecule is O=C(CC1CCN(c2nc3ccc(F)cc3o2)CC1)NC1CCCC1. The second-order valence-electron chi connectivity index (χ2n) is 7.29. The molecule has 5 nitrogen and oxygen atoms in total. The molecule has 134 valence electrons. The largest absolute Gasteiger partial charge is 0.423 e. The Morgan fingerprint density at radius 2 is 2.00 bits per heavy atom. The zero-order chi connectivity index (χ0) is 17.2. The number of fused-ring (bicyclic) bond motifs is 1. The predicted octanol–water partition coefficient (Wildman–Crippen LogP) is 3.63. The lowest BCUT2D eigenvalue weighted by molar-refractivity contribution is -0.122. The molecule has 2 aromatic rings. The summed E-state index contributed by atoms with van der Waals surface area (Å²) in [6.45, 7) is 1.63. The summed E-state index contributed by atoms with van der Waals surface area (Å²) >= 11 is 0. The Labute approximate surface area is 146 Å². The molecule has 0 unspecified atom stereocenters. The topological polar surface area (TPSA) is 58.4 Å². The maximum atomic E-state index is 13.3. The van der Waals surface area contributed by atoms with Gasteiger partial charge in [0, 0.05) is 31.6 Å². The van der Waals surface area contributed by atoms with Crippen LogP contribution in [0.4, 0.5) is 10.4 Å². The van der Waals surface area contributed by atoms with E-state index in [1.165, 1.54) is 25.0 Å². The van der Waals surface area contributed by atoms with Gasteiger partial charge in [0.25, 0.3) is 6.01 Å². The van der Waals surface area contributed by atoms with Gasteiger partial charge >= 0.3 is 0 Å². The van der Waals surface area contributed by atoms with E-state index in [0.717, 1.165) is 38.8 Å². The smallest absolute Gasteiger partial charge is 0.298 e. The first kappa shape index (κ1) is 16.4. The van der Waals surface area contributed by atoms with Gasteiger partial charge in [0.2, 0.25) is 5.91 Å². The average molecular weight is 345 g/mol. The highest BCUT2D eigenvalue weighted by Gasteiger charge is 2.25. The van der Waals surface area contributed by atoms with Crippen LogP contribution in [0.15, 0.2) is 22.6 Å². The van der Waals surface area contributed by atoms with Crippen molar-refractivity contribution < 1.29 is 13.6 Å². The minimum atomic E-state index is -0.317. The fourth-order valence-corrected chi connectivity index (χ4v) is 3.97. The van der Waals surface area contributed by atoms with Crippen molar-refractivity contribution >= 4 is 23.0 Å². The minimum Gasteiger partial charge on any atom is -0.423 e. The van der Waals surface area contributed by atoms with Crippen molar-refractivity contribution in [1.29, 1.82) is 0 Å². The van der Waals surface area contributed by atoms with Crippen LogP contribution in [-0.2, 0) is 4.79 Å². The molecule has 1 N–H and O–H groups in total. The van der Waals surface area contributed by atoms with E-state index in [9.17, 15) is 9.18 Å². The van der Waals surface area contributed by atoms with Gasteiger partial charge in [0.15, 0.2) is 5.58 Å². The number of piperidine rings is 1. The fraction of sp³-hybridized carbons (Fsp3) is 0.579. The Kier molecular flexibility index (Phi) is 4.59. The van der Waals surface area contributed by atoms with Crippen LogP contribution >= 0.6 is 0 Å². The summed E-state index contributed by atoms with van der Waals surface area (Å²) in [6, 6.07) is 5.34. The van der Waals surface area contributed by atoms with Crippen molar-refractivity contribution in [3.63, 3.8) is 0 Å². The molecule has 2 heterocycles. The van der Waals surface area contributed by atoms with Gasteiger partial charge in [-0.3, -0.25) is 4.79 Å². The first-order valence-corrected chi connectivity index (χ1v) is 9.28. The van der Waals surface area contributed by atoms with Gasteiger partial charge in [-0.05, 0) is 43.7 Å². The number of carbonyl (C=O) groups is 1. The Bertz CT molecular complexity index is 746. The van der Waals surface area contributed by atoms with Crippen molar-refractivity contribution in [1.82, 2.24) is 10.3 Å². The molecule has 1 aromatic heterocycles. The summed E-state index contributed by atoms with van der Waals surface area (Å²) in [5, 5.41) is 3.17. The molecule has 1 aliphatic carbocycles. The lowest BCUT2D eigenvalue weighted by Crippen LogP contribution is -2.38. The highest BCUT2D eigenvalue weighted by molar-refractivity contribution is 5.76. The maximum Gasteiger partial charge on any atom is 0.298 e. The van der Waals surface area contributed by atoms with E-state index in [-0.39, 0.29) is 11.7 Å². The van der Waals surface area contributed by atoms with E-state index in [4.69, 9.17) is 4.42 Å². The van der Waals surface area contributed by atoms with Gasteiger partial charge in [-0.15, -0.1) is 0 Å². The highest BCUT2D eigenvalue weighted by Crippen LogP contribution is 2.28. The van der Waals surface area contributed by atoms with Crippen molar-refractivity contribution in [2.75, 3.05) is 18.0 Å². The number of halogens is 1. The molecule has 0 bridgehead atoms. The average Bonchev–Trinajstić information content (AvgIpc) is 3.24. The number of hydrogen-bond donors (Lipinski definition) is 1. The van der Waals surface area contributed by atoms with Crippen molar-refractivity contribution in [2.45, 2.75) is 51.0 Å². The quantitative estimate of drug-likeness (QED) is 0.919. The first-order valence-electron chi connectivity index (χ1n) is 9.28. The van der Waals surface area contributed by atoms with E-state index >= 15 is 0 Å². The van der Waals surface area contributed by atoms with Gasteiger partial charge in [-0.1, -0.05) is 12.8 Å². The lowest BCUT2D eigenvalue weighted by atomic mass is 9.93. The number of aromatic nitrogens is 1. The summed E-state index contributed by atoms with van der Waals surface area (Å²) in [6.07, 6.45) is 7.24. The number of rotatable bonds is 4. The molecule has 25 heavy (non-hydrogen) atoms. The van der Waals surface area contributed by atoms with E-state index < -0.39 is 0 Å². The fourth-order valence-electron chi connectivity index (χ4n) is 3.97. The number of amides is 1. The number of carbonyl (C=O) groups excluding carboxylic acids is 1. The third kappa shape index (κ3) is 3.78. The van der Waals surface area contributed by atoms with Crippen LogP contribution in [0.3, 0.4) is 0 Å². The Balaban J connectivity index is 1.30. The van der Waals surface area contributed by atoms with Crippen LogP contribution in [0.1, 0.15) is 44.9 Å². The molecule has 1 amide bonds. The number of nitrogens with zero attached hydrogens (tertiary/aromatic N) is 2. The second-order valence-corrected chi connectivity index (χ2v) is 7.29. The number of anilines is 1. The summed E-state index contributed by atoms with van der Waals surface area (Å²) in [4.78, 5) is 18.7. The standard InChI is InChI=1S/C19H24FN3O2/c20-14-5-6-16-17(12-14)25-19(22-16)23-9-7-13(8-10-23)11-18(24)21-15-3-1-2-4-15/h5-6,12-13,15H,1-4,7-11H2,(H,21,24). The monoisotopic (exact) mass is 345 g/mol. The third-order valence-corrected chi connectivity index (χ3v) is 5.42. The zero-order valence-corrected chi connectivity index (χ0v) is 14.3. The zero-order valence-electron chi connectivity index (χ0n) is 14.3. The van der Waals surface area contributed by atoms with Gasteiger partial charge in [0.05, 0.1) is 0 Å². The van der Waals surface area contributed by atoms with E-state index in [0.29, 0.717) is 35.5 Å². The summed E-state index contributed by atoms with van der Waals surface area (Å²) in [5.74, 6) is 0.296. The van der Waals surface area contributed by atoms with Crippen LogP contribution in [0.2, 0.25) is 0 Å². The molecule has 2 aliphatic rings. The van der Waals surface area contributed by atoms with Gasteiger partial charge in [-0.2, -0.15) is 4.98 Å². The molecular weight excluding hydrogens is 321 g/mol. The maximum absolute atomic E-state index is 13.3. The normalized spacial score (nSPS) is 19.6. The van der Waals surface area contributed by atoms with Crippen molar-refractivity contribution in [2.24, 2.45) is 5.92 Å². The second kappa shape index (κ2) is 7.02. The summed E-state index contributed by atoms with van der Waals surface area (Å²) < 4.78 is 19.0. The van der Waals surface area contributed by atoms with Crippen LogP contribution in [0.25, 0.3) is 11.1 Å². The van der Waals surface area contributed by atoms with Crippen molar-refractivity contribution in [3.8, 4) is 0 Å². The Morgan fingerprint density at radius 3 is 2.76 bits per heavy atom. The van der Waals surface area contributed by atoms with Crippen LogP contribution in [0, 0.1) is 11.7 Å². The predicted molar refractivity (Wildman–Crippen MR) is 93.9 cm³/mol. The third-order valence-electron chi connectivity index (χ3n) is 5.42. The van der Waals surface area contributed by atoms with Gasteiger partial charge in [0.1, 0.15) is 11.3 Å². The molecule has 0 radical (unpaired) electrons. The molecular formula is C19H24FN3O2. The molecule has 2 fully saturated rings. The van der Waals surface area contributed by atoms with Crippen LogP contribution in [-0.4, -0.2) is 30.0 Å². The number of nitrogens with one attached hydrogen (secondary N) is 1. The van der Waals surface area contributed by atoms with Gasteiger partial charge in [-0.25, -0.2) is 4.39 Å². The molecule has 0 atom stereocenters. The molecule has 1 saturated heterocycles. The number of benzene rings is 1.